The number of aryl methyl sites for hydroxylation is 2. The van der Waals surface area contributed by atoms with Crippen LogP contribution in [-0.4, -0.2) is 107 Å². The van der Waals surface area contributed by atoms with E-state index in [4.69, 9.17) is 56.4 Å². The molecule has 0 amide bonds. The second kappa shape index (κ2) is 37.7. The van der Waals surface area contributed by atoms with Crippen molar-refractivity contribution >= 4 is 113 Å². The van der Waals surface area contributed by atoms with Crippen molar-refractivity contribution in [3.8, 4) is 90.1 Å². The van der Waals surface area contributed by atoms with Gasteiger partial charge in [-0.3, -0.25) is 49.2 Å². The molecule has 20 rings (SSSR count). The highest BCUT2D eigenvalue weighted by Gasteiger charge is 2.23. The number of aromatic nitrogens is 20. The van der Waals surface area contributed by atoms with Crippen LogP contribution in [-0.2, 0) is 33.7 Å². The number of H-pyrrole nitrogens is 8. The molecular formula is C93H80Cl4N24O4. The minimum atomic E-state index is -0.318. The van der Waals surface area contributed by atoms with Gasteiger partial charge in [-0.05, 0) is 84.1 Å². The topological polar surface area (TPSA) is 381 Å². The number of aromatic amines is 8. The Morgan fingerprint density at radius 2 is 0.720 bits per heavy atom. The van der Waals surface area contributed by atoms with Crippen LogP contribution in [0.3, 0.4) is 0 Å². The van der Waals surface area contributed by atoms with Crippen molar-refractivity contribution in [3.05, 3.63) is 328 Å². The quantitative estimate of drug-likeness (QED) is 0.0318. The number of hydrogen-bond acceptors (Lipinski definition) is 18. The summed E-state index contributed by atoms with van der Waals surface area (Å²) in [6.07, 6.45) is 25.5. The molecule has 0 saturated heterocycles. The number of nitrogens with one attached hydrogen (secondary N) is 12. The van der Waals surface area contributed by atoms with Crippen LogP contribution in [0.4, 0.5) is 23.3 Å². The molecule has 11 aromatic heterocycles. The maximum absolute atomic E-state index is 12.9. The third-order valence-electron chi connectivity index (χ3n) is 21.3. The van der Waals surface area contributed by atoms with E-state index in [1.165, 1.54) is 32.1 Å². The monoisotopic (exact) mass is 1740 g/mol. The first-order valence-corrected chi connectivity index (χ1v) is 41.8. The van der Waals surface area contributed by atoms with Crippen LogP contribution < -0.4 is 43.5 Å². The number of nitrogens with zero attached hydrogens (tertiary/aromatic N) is 12. The van der Waals surface area contributed by atoms with E-state index < -0.39 is 0 Å². The van der Waals surface area contributed by atoms with Crippen molar-refractivity contribution in [2.45, 2.75) is 58.2 Å². The van der Waals surface area contributed by atoms with Gasteiger partial charge in [-0.15, -0.1) is 0 Å². The lowest BCUT2D eigenvalue weighted by Gasteiger charge is -2.21. The Hall–Kier alpha value is -14.8. The number of rotatable bonds is 21. The first-order chi connectivity index (χ1) is 61.0. The molecule has 0 aliphatic heterocycles. The van der Waals surface area contributed by atoms with E-state index in [1.54, 1.807) is 66.3 Å². The fourth-order valence-corrected chi connectivity index (χ4v) is 16.2. The summed E-state index contributed by atoms with van der Waals surface area (Å²) in [6.45, 7) is 2.12. The molecular weight excluding hydrogens is 1660 g/mol. The third-order valence-corrected chi connectivity index (χ3v) is 22.5. The molecule has 0 atom stereocenters. The average Bonchev–Trinajstić information content (AvgIpc) is 1.78. The van der Waals surface area contributed by atoms with Gasteiger partial charge in [0.25, 0.3) is 22.2 Å². The first kappa shape index (κ1) is 82.5. The van der Waals surface area contributed by atoms with Crippen molar-refractivity contribution in [3.63, 3.8) is 0 Å². The SMILES string of the molecule is Cn1cc(CNc2nc(-c3ccccc3)c(-c3cc(Cl)c4[nH]ncc4c3)[nH]c2=O)cn1.Cn1ccc(CNc2nc(-c3ccccc3)c(-c3cc(Cl)c4[nH]ncc4c3)[nH]c2=O)c1.O=c1[nH]c(-c2cc(Cl)c3[nH]ncc3c2)c(-c2ccccc2)nc1NCCC1CCCCC1.O=c1[nH]c(-c2cc(Cl)c3[nH]ncc3c2)c(-c2ccccc2)nc1NCc1cccnc1. The molecule has 32 heteroatoms. The lowest BCUT2D eigenvalue weighted by molar-refractivity contribution is 0.345. The number of anilines is 4. The van der Waals surface area contributed by atoms with E-state index in [0.717, 1.165) is 124 Å². The first-order valence-electron chi connectivity index (χ1n) is 40.3. The van der Waals surface area contributed by atoms with Crippen LogP contribution in [0.2, 0.25) is 20.1 Å². The molecule has 1 aliphatic rings. The van der Waals surface area contributed by atoms with E-state index in [-0.39, 0.29) is 39.7 Å². The van der Waals surface area contributed by atoms with Gasteiger partial charge in [0.2, 0.25) is 0 Å². The number of fused-ring (bicyclic) bond motifs is 4. The Morgan fingerprint density at radius 3 is 1.05 bits per heavy atom. The summed E-state index contributed by atoms with van der Waals surface area (Å²) in [6, 6.07) is 59.8. The zero-order valence-electron chi connectivity index (χ0n) is 67.3. The predicted molar refractivity (Wildman–Crippen MR) is 496 cm³/mol. The fourth-order valence-electron chi connectivity index (χ4n) is 15.1. The third kappa shape index (κ3) is 19.1. The van der Waals surface area contributed by atoms with E-state index in [1.807, 2.05) is 207 Å². The van der Waals surface area contributed by atoms with Crippen LogP contribution in [0.5, 0.6) is 0 Å². The standard InChI is InChI=1S/C25H26ClN5O.C23H19ClN6O.C23H17ClN6O.C22H18ClN7O/c26-20-14-18(13-19-15-28-31-21(19)20)23-22(17-9-5-2-6-10-17)29-24(25(32)30-23)27-12-11-16-7-3-1-4-8-16;1-30-8-7-14(13-30)11-25-22-23(31)28-21(20(27-22)15-5-3-2-4-6-15)16-9-17-12-26-29-19(17)18(24)10-16;24-18-10-16(9-17-13-27-30-19(17)18)21-20(15-6-2-1-3-7-15)28-22(23(31)29-21)26-12-14-5-4-8-25-11-14;1-30-12-13(10-26-30)9-24-21-22(31)28-20(19(27-21)14-5-3-2-4-6-14)15-7-16-11-25-29-18(16)17(23)8-15/h2,5-6,9-10,13-16H,1,3-4,7-8,11-12H2,(H,27,29)(H,28,31)(H,30,32);2-10,12-13H,11H2,1H3,(H,25,27)(H,26,29)(H,28,31);1-11,13H,12H2,(H,26,28)(H,27,30)(H,29,31);2-8,10-12H,9H2,1H3,(H,24,27)(H,25,29)(H,28,31). The Bertz CT molecular complexity index is 7060. The molecule has 0 unspecified atom stereocenters. The van der Waals surface area contributed by atoms with Crippen molar-refractivity contribution in [2.75, 3.05) is 27.8 Å². The van der Waals surface area contributed by atoms with Crippen molar-refractivity contribution in [2.24, 2.45) is 20.0 Å². The number of benzene rings is 8. The van der Waals surface area contributed by atoms with Crippen LogP contribution in [0.25, 0.3) is 134 Å². The second-order valence-corrected chi connectivity index (χ2v) is 31.7. The van der Waals surface area contributed by atoms with Crippen molar-refractivity contribution in [1.29, 1.82) is 0 Å². The highest BCUT2D eigenvalue weighted by Crippen LogP contribution is 2.40. The minimum absolute atomic E-state index is 0.230. The Kier molecular flexibility index (Phi) is 24.8. The Morgan fingerprint density at radius 1 is 0.368 bits per heavy atom. The van der Waals surface area contributed by atoms with Crippen LogP contribution >= 0.6 is 46.4 Å². The molecule has 28 nitrogen and oxygen atoms in total. The van der Waals surface area contributed by atoms with Gasteiger partial charge in [0.15, 0.2) is 23.3 Å². The molecule has 0 spiro atoms. The predicted octanol–water partition coefficient (Wildman–Crippen LogP) is 19.2. The van der Waals surface area contributed by atoms with Crippen LogP contribution in [0.1, 0.15) is 55.2 Å². The molecule has 1 aliphatic carbocycles. The van der Waals surface area contributed by atoms with Gasteiger partial charge >= 0.3 is 0 Å². The molecule has 0 bridgehead atoms. The smallest absolute Gasteiger partial charge is 0.291 e. The van der Waals surface area contributed by atoms with Gasteiger partial charge in [-0.2, -0.15) is 25.5 Å². The molecule has 1 saturated carbocycles. The summed E-state index contributed by atoms with van der Waals surface area (Å²) in [4.78, 5) is 86.6. The summed E-state index contributed by atoms with van der Waals surface area (Å²) in [5.74, 6) is 1.84. The lowest BCUT2D eigenvalue weighted by atomic mass is 9.87. The summed E-state index contributed by atoms with van der Waals surface area (Å²) in [7, 11) is 3.80. The van der Waals surface area contributed by atoms with Gasteiger partial charge in [0, 0.05) is 143 Å². The molecule has 125 heavy (non-hydrogen) atoms. The van der Waals surface area contributed by atoms with Gasteiger partial charge in [0.1, 0.15) is 0 Å². The van der Waals surface area contributed by atoms with E-state index >= 15 is 0 Å². The van der Waals surface area contributed by atoms with Crippen LogP contribution in [0.15, 0.2) is 269 Å². The number of hydrogen-bond donors (Lipinski definition) is 12. The van der Waals surface area contributed by atoms with E-state index in [9.17, 15) is 19.2 Å². The summed E-state index contributed by atoms with van der Waals surface area (Å²) < 4.78 is 3.67. The largest absolute Gasteiger partial charge is 0.365 e. The molecule has 1 fully saturated rings. The molecule has 19 aromatic rings. The molecule has 0 radical (unpaired) electrons. The summed E-state index contributed by atoms with van der Waals surface area (Å²) in [5, 5.41) is 50.2. The Balaban J connectivity index is 0.000000118. The van der Waals surface area contributed by atoms with Crippen molar-refractivity contribution < 1.29 is 0 Å². The Labute approximate surface area is 732 Å². The normalized spacial score (nSPS) is 12.0. The van der Waals surface area contributed by atoms with Crippen molar-refractivity contribution in [1.82, 2.24) is 100.0 Å². The minimum Gasteiger partial charge on any atom is -0.365 e. The highest BCUT2D eigenvalue weighted by atomic mass is 35.5. The average molecular weight is 1740 g/mol. The maximum Gasteiger partial charge on any atom is 0.291 e. The van der Waals surface area contributed by atoms with Gasteiger partial charge in [0.05, 0.1) is 119 Å². The molecule has 8 aromatic carbocycles. The molecule has 11 heterocycles. The zero-order chi connectivity index (χ0) is 85.9. The number of pyridine rings is 1. The van der Waals surface area contributed by atoms with E-state index in [0.29, 0.717) is 91.1 Å². The zero-order valence-corrected chi connectivity index (χ0v) is 70.4. The summed E-state index contributed by atoms with van der Waals surface area (Å²) in [5.41, 5.74) is 16.5. The molecule has 12 N–H and O–H groups in total. The number of halogens is 4. The maximum atomic E-state index is 12.9. The van der Waals surface area contributed by atoms with E-state index in [2.05, 4.69) is 102 Å². The lowest BCUT2D eigenvalue weighted by Crippen LogP contribution is -2.20. The van der Waals surface area contributed by atoms with Gasteiger partial charge in [-0.1, -0.05) is 206 Å². The highest BCUT2D eigenvalue weighted by molar-refractivity contribution is 6.37. The van der Waals surface area contributed by atoms with Gasteiger partial charge < -0.3 is 45.8 Å². The molecule has 624 valence electrons. The summed E-state index contributed by atoms with van der Waals surface area (Å²) >= 11 is 25.8. The second-order valence-electron chi connectivity index (χ2n) is 30.0. The van der Waals surface area contributed by atoms with Crippen LogP contribution in [0, 0.1) is 5.92 Å². The van der Waals surface area contributed by atoms with Gasteiger partial charge in [-0.25, -0.2) is 19.9 Å². The fraction of sp³-hybridized carbons (Fsp3) is 0.140.